The summed E-state index contributed by atoms with van der Waals surface area (Å²) in [6.45, 7) is 2.87. The van der Waals surface area contributed by atoms with Crippen LogP contribution >= 0.6 is 0 Å². The Bertz CT molecular complexity index is 959. The van der Waals surface area contributed by atoms with Crippen molar-refractivity contribution in [1.29, 1.82) is 0 Å². The van der Waals surface area contributed by atoms with Gasteiger partial charge in [0.15, 0.2) is 5.96 Å². The van der Waals surface area contributed by atoms with Crippen molar-refractivity contribution in [3.8, 4) is 0 Å². The van der Waals surface area contributed by atoms with Gasteiger partial charge in [-0.15, -0.1) is 0 Å². The number of likely N-dealkylation sites (tertiary alicyclic amines) is 1. The third-order valence-corrected chi connectivity index (χ3v) is 6.71. The molecule has 0 radical (unpaired) electrons. The van der Waals surface area contributed by atoms with Crippen molar-refractivity contribution >= 4 is 30.2 Å². The van der Waals surface area contributed by atoms with Crippen LogP contribution in [0.2, 0.25) is 0 Å². The number of aliphatic imine (C=N–C) groups is 1. The van der Waals surface area contributed by atoms with E-state index in [9.17, 15) is 19.2 Å². The van der Waals surface area contributed by atoms with Gasteiger partial charge in [-0.25, -0.2) is 9.69 Å². The molecule has 36 heavy (non-hydrogen) atoms. The van der Waals surface area contributed by atoms with Crippen LogP contribution in [-0.4, -0.2) is 70.8 Å². The molecule has 0 spiro atoms. The van der Waals surface area contributed by atoms with Crippen molar-refractivity contribution in [1.82, 2.24) is 15.1 Å². The predicted octanol–water partition coefficient (Wildman–Crippen LogP) is 1.25. The largest absolute Gasteiger partial charge is 0.444 e. The fraction of sp³-hybridized carbons (Fsp3) is 0.560. The smallest absolute Gasteiger partial charge is 0.417 e. The number of carbonyl (C=O) groups is 4. The first-order chi connectivity index (χ1) is 17.3. The van der Waals surface area contributed by atoms with E-state index in [-0.39, 0.29) is 25.4 Å². The fourth-order valence-electron chi connectivity index (χ4n) is 4.88. The molecule has 11 heteroatoms. The number of benzene rings is 1. The lowest BCUT2D eigenvalue weighted by Crippen LogP contribution is -2.67. The van der Waals surface area contributed by atoms with Gasteiger partial charge in [0, 0.05) is 13.0 Å². The maximum Gasteiger partial charge on any atom is 0.417 e. The number of ether oxygens (including phenoxy) is 1. The van der Waals surface area contributed by atoms with Crippen molar-refractivity contribution in [2.75, 3.05) is 13.1 Å². The van der Waals surface area contributed by atoms with Crippen LogP contribution in [0, 0.1) is 0 Å². The molecule has 0 bridgehead atoms. The number of rotatable bonds is 10. The highest BCUT2D eigenvalue weighted by molar-refractivity contribution is 6.01. The third kappa shape index (κ3) is 6.60. The summed E-state index contributed by atoms with van der Waals surface area (Å²) in [6.07, 6.45) is 3.37. The lowest BCUT2D eigenvalue weighted by molar-refractivity contribution is -0.152. The summed E-state index contributed by atoms with van der Waals surface area (Å²) in [5.41, 5.74) is 10.7. The molecule has 3 rings (SSSR count). The van der Waals surface area contributed by atoms with E-state index in [4.69, 9.17) is 16.2 Å². The van der Waals surface area contributed by atoms with Crippen molar-refractivity contribution < 1.29 is 23.9 Å². The lowest BCUT2D eigenvalue weighted by Gasteiger charge is -2.48. The third-order valence-electron chi connectivity index (χ3n) is 6.71. The Hall–Kier alpha value is -3.47. The van der Waals surface area contributed by atoms with Gasteiger partial charge >= 0.3 is 6.09 Å². The lowest BCUT2D eigenvalue weighted by atomic mass is 9.93. The minimum atomic E-state index is -1.04. The van der Waals surface area contributed by atoms with Gasteiger partial charge in [0.05, 0.1) is 11.7 Å². The van der Waals surface area contributed by atoms with Crippen LogP contribution in [0.25, 0.3) is 0 Å². The van der Waals surface area contributed by atoms with Gasteiger partial charge in [0.2, 0.25) is 11.8 Å². The van der Waals surface area contributed by atoms with Crippen molar-refractivity contribution in [3.63, 3.8) is 0 Å². The Morgan fingerprint density at radius 3 is 2.69 bits per heavy atom. The molecule has 2 aliphatic heterocycles. The van der Waals surface area contributed by atoms with Crippen molar-refractivity contribution in [2.45, 2.75) is 76.2 Å². The Morgan fingerprint density at radius 2 is 2.06 bits per heavy atom. The molecule has 0 saturated carbocycles. The molecule has 2 heterocycles. The summed E-state index contributed by atoms with van der Waals surface area (Å²) < 4.78 is 5.37. The van der Waals surface area contributed by atoms with Gasteiger partial charge in [0.25, 0.3) is 0 Å². The normalized spacial score (nSPS) is 22.5. The zero-order valence-electron chi connectivity index (χ0n) is 20.7. The van der Waals surface area contributed by atoms with Gasteiger partial charge in [-0.3, -0.25) is 19.9 Å². The van der Waals surface area contributed by atoms with Crippen LogP contribution in [0.1, 0.15) is 57.4 Å². The van der Waals surface area contributed by atoms with E-state index in [0.29, 0.717) is 32.4 Å². The monoisotopic (exact) mass is 500 g/mol. The summed E-state index contributed by atoms with van der Waals surface area (Å²) in [5, 5.41) is 3.38. The number of imide groups is 1. The Labute approximate surface area is 211 Å². The van der Waals surface area contributed by atoms with Gasteiger partial charge in [-0.2, -0.15) is 0 Å². The fourth-order valence-corrected chi connectivity index (χ4v) is 4.88. The zero-order valence-corrected chi connectivity index (χ0v) is 20.7. The van der Waals surface area contributed by atoms with Crippen LogP contribution in [-0.2, 0) is 25.7 Å². The number of carbonyl (C=O) groups excluding carboxylic acids is 4. The number of nitrogens with zero attached hydrogens (tertiary/aromatic N) is 3. The maximum absolute atomic E-state index is 14.0. The number of nitrogens with two attached hydrogens (primary N) is 2. The van der Waals surface area contributed by atoms with Crippen LogP contribution in [0.5, 0.6) is 0 Å². The molecular formula is C25H36N6O5. The molecule has 5 N–H and O–H groups in total. The molecular weight excluding hydrogens is 464 g/mol. The molecule has 3 atom stereocenters. The average molecular weight is 501 g/mol. The molecule has 0 aromatic heterocycles. The summed E-state index contributed by atoms with van der Waals surface area (Å²) in [6, 6.07) is 7.27. The van der Waals surface area contributed by atoms with E-state index in [1.54, 1.807) is 12.1 Å². The van der Waals surface area contributed by atoms with Gasteiger partial charge in [-0.1, -0.05) is 30.3 Å². The first kappa shape index (κ1) is 27.1. The minimum absolute atomic E-state index is 0.0187. The quantitative estimate of drug-likeness (QED) is 0.187. The SMILES string of the molecule is CC1(N(C(=O)[C@H]2CCC(=O)N2C(=O)OCc2ccccc2)[C@H](C=O)CCCN=C(N)N)CCCCN1. The highest BCUT2D eigenvalue weighted by Gasteiger charge is 2.48. The predicted molar refractivity (Wildman–Crippen MR) is 133 cm³/mol. The van der Waals surface area contributed by atoms with Crippen LogP contribution in [0.4, 0.5) is 4.79 Å². The van der Waals surface area contributed by atoms with Crippen LogP contribution in [0.15, 0.2) is 35.3 Å². The molecule has 2 fully saturated rings. The summed E-state index contributed by atoms with van der Waals surface area (Å²) in [4.78, 5) is 58.2. The summed E-state index contributed by atoms with van der Waals surface area (Å²) in [7, 11) is 0. The first-order valence-corrected chi connectivity index (χ1v) is 12.4. The maximum atomic E-state index is 14.0. The number of guanidine groups is 1. The Morgan fingerprint density at radius 1 is 1.31 bits per heavy atom. The topological polar surface area (TPSA) is 160 Å². The molecule has 11 nitrogen and oxygen atoms in total. The van der Waals surface area contributed by atoms with Crippen LogP contribution < -0.4 is 16.8 Å². The minimum Gasteiger partial charge on any atom is -0.444 e. The molecule has 196 valence electrons. The molecule has 2 saturated heterocycles. The molecule has 0 aliphatic carbocycles. The Balaban J connectivity index is 1.81. The molecule has 1 aromatic carbocycles. The number of nitrogens with one attached hydrogen (secondary N) is 1. The number of piperidine rings is 1. The standard InChI is InChI=1S/C25H36N6O5/c1-25(13-5-6-15-29-25)31(19(16-32)10-7-14-28-23(26)27)22(34)20-11-12-21(33)30(20)24(35)36-17-18-8-3-2-4-9-18/h2-4,8-9,16,19-20,29H,5-7,10-15,17H2,1H3,(H4,26,27,28)/t19-,20+,25?/m0/s1. The van der Waals surface area contributed by atoms with Crippen molar-refractivity contribution in [2.24, 2.45) is 16.5 Å². The van der Waals surface area contributed by atoms with Gasteiger partial charge < -0.3 is 25.9 Å². The van der Waals surface area contributed by atoms with Crippen LogP contribution in [0.3, 0.4) is 0 Å². The average Bonchev–Trinajstić information content (AvgIpc) is 3.26. The summed E-state index contributed by atoms with van der Waals surface area (Å²) >= 11 is 0. The highest BCUT2D eigenvalue weighted by Crippen LogP contribution is 2.31. The van der Waals surface area contributed by atoms with E-state index < -0.39 is 35.7 Å². The van der Waals surface area contributed by atoms with E-state index in [2.05, 4.69) is 10.3 Å². The number of hydrogen-bond acceptors (Lipinski definition) is 7. The molecule has 1 aromatic rings. The zero-order chi connectivity index (χ0) is 26.1. The second-order valence-electron chi connectivity index (χ2n) is 9.38. The van der Waals surface area contributed by atoms with Gasteiger partial charge in [-0.05, 0) is 57.6 Å². The Kier molecular flexibility index (Phi) is 9.40. The highest BCUT2D eigenvalue weighted by atomic mass is 16.6. The molecule has 3 amide bonds. The number of amides is 3. The molecule has 1 unspecified atom stereocenters. The van der Waals surface area contributed by atoms with E-state index in [1.165, 1.54) is 4.90 Å². The van der Waals surface area contributed by atoms with E-state index in [0.717, 1.165) is 29.6 Å². The first-order valence-electron chi connectivity index (χ1n) is 12.4. The number of aldehydes is 1. The van der Waals surface area contributed by atoms with Gasteiger partial charge in [0.1, 0.15) is 18.9 Å². The second-order valence-corrected chi connectivity index (χ2v) is 9.38. The number of hydrogen-bond donors (Lipinski definition) is 3. The summed E-state index contributed by atoms with van der Waals surface area (Å²) in [5.74, 6) is -0.961. The van der Waals surface area contributed by atoms with E-state index in [1.807, 2.05) is 25.1 Å². The van der Waals surface area contributed by atoms with Crippen molar-refractivity contribution in [3.05, 3.63) is 35.9 Å². The van der Waals surface area contributed by atoms with E-state index >= 15 is 0 Å². The molecule has 2 aliphatic rings. The second kappa shape index (κ2) is 12.5.